The summed E-state index contributed by atoms with van der Waals surface area (Å²) in [7, 11) is 0. The number of carbonyl (C=O) groups excluding carboxylic acids is 2. The Kier molecular flexibility index (Phi) is 6.97. The van der Waals surface area contributed by atoms with E-state index in [4.69, 9.17) is 0 Å². The molecule has 1 aliphatic heterocycles. The van der Waals surface area contributed by atoms with E-state index in [9.17, 15) is 14.0 Å². The molecule has 2 rings (SSSR count). The number of hydrogen-bond donors (Lipinski definition) is 0. The van der Waals surface area contributed by atoms with Crippen LogP contribution < -0.4 is 0 Å². The molecular weight excluding hydrogens is 319 g/mol. The molecule has 1 aliphatic rings. The third kappa shape index (κ3) is 5.03. The fourth-order valence-corrected chi connectivity index (χ4v) is 3.37. The zero-order valence-corrected chi connectivity index (χ0v) is 15.5. The average Bonchev–Trinajstić information content (AvgIpc) is 2.63. The maximum Gasteiger partial charge on any atom is 0.225 e. The number of carbonyl (C=O) groups is 2. The van der Waals surface area contributed by atoms with E-state index in [2.05, 4.69) is 0 Å². The molecule has 138 valence electrons. The van der Waals surface area contributed by atoms with Crippen LogP contribution in [0.25, 0.3) is 0 Å². The van der Waals surface area contributed by atoms with Crippen LogP contribution in [0.1, 0.15) is 51.5 Å². The van der Waals surface area contributed by atoms with Gasteiger partial charge in [-0.15, -0.1) is 0 Å². The molecule has 0 saturated carbocycles. The van der Waals surface area contributed by atoms with Crippen molar-refractivity contribution in [3.8, 4) is 0 Å². The zero-order valence-electron chi connectivity index (χ0n) is 15.5. The van der Waals surface area contributed by atoms with E-state index in [1.54, 1.807) is 12.1 Å². The van der Waals surface area contributed by atoms with Gasteiger partial charge < -0.3 is 9.80 Å². The van der Waals surface area contributed by atoms with Gasteiger partial charge in [0.1, 0.15) is 5.82 Å². The van der Waals surface area contributed by atoms with Gasteiger partial charge in [-0.25, -0.2) is 4.39 Å². The second-order valence-corrected chi connectivity index (χ2v) is 6.88. The molecule has 1 fully saturated rings. The van der Waals surface area contributed by atoms with Crippen LogP contribution in [-0.4, -0.2) is 47.8 Å². The fourth-order valence-electron chi connectivity index (χ4n) is 3.37. The van der Waals surface area contributed by atoms with Gasteiger partial charge in [-0.3, -0.25) is 9.59 Å². The maximum atomic E-state index is 13.0. The molecule has 5 heteroatoms. The number of halogens is 1. The molecule has 1 atom stereocenters. The molecule has 2 amide bonds. The monoisotopic (exact) mass is 348 g/mol. The van der Waals surface area contributed by atoms with Crippen molar-refractivity contribution in [1.82, 2.24) is 9.80 Å². The predicted octanol–water partition coefficient (Wildman–Crippen LogP) is 3.43. The number of nitrogens with zero attached hydrogens (tertiary/aromatic N) is 2. The molecule has 1 aromatic rings. The summed E-state index contributed by atoms with van der Waals surface area (Å²) >= 11 is 0. The molecular formula is C20H29FN2O2. The molecule has 0 aromatic heterocycles. The van der Waals surface area contributed by atoms with Gasteiger partial charge >= 0.3 is 0 Å². The summed E-state index contributed by atoms with van der Waals surface area (Å²) in [6.45, 7) is 8.50. The second kappa shape index (κ2) is 8.97. The average molecular weight is 348 g/mol. The Balaban J connectivity index is 1.84. The molecule has 0 spiro atoms. The van der Waals surface area contributed by atoms with Gasteiger partial charge in [-0.05, 0) is 36.5 Å². The summed E-state index contributed by atoms with van der Waals surface area (Å²) < 4.78 is 13.0. The first-order valence-electron chi connectivity index (χ1n) is 9.28. The third-order valence-electron chi connectivity index (χ3n) is 5.20. The smallest absolute Gasteiger partial charge is 0.225 e. The van der Waals surface area contributed by atoms with E-state index in [1.165, 1.54) is 12.1 Å². The van der Waals surface area contributed by atoms with Crippen LogP contribution in [-0.2, 0) is 9.59 Å². The van der Waals surface area contributed by atoms with Crippen LogP contribution in [0.3, 0.4) is 0 Å². The first kappa shape index (κ1) is 19.4. The predicted molar refractivity (Wildman–Crippen MR) is 96.7 cm³/mol. The third-order valence-corrected chi connectivity index (χ3v) is 5.20. The number of piperazine rings is 1. The highest BCUT2D eigenvalue weighted by molar-refractivity contribution is 5.80. The Bertz CT molecular complexity index is 576. The van der Waals surface area contributed by atoms with E-state index in [0.717, 1.165) is 18.4 Å². The van der Waals surface area contributed by atoms with Gasteiger partial charge in [-0.1, -0.05) is 32.9 Å². The lowest BCUT2D eigenvalue weighted by molar-refractivity contribution is -0.142. The van der Waals surface area contributed by atoms with E-state index >= 15 is 0 Å². The van der Waals surface area contributed by atoms with Crippen molar-refractivity contribution < 1.29 is 14.0 Å². The minimum absolute atomic E-state index is 0.0531. The fraction of sp³-hybridized carbons (Fsp3) is 0.600. The van der Waals surface area contributed by atoms with Gasteiger partial charge in [0.15, 0.2) is 0 Å². The van der Waals surface area contributed by atoms with Gasteiger partial charge in [-0.2, -0.15) is 0 Å². The first-order chi connectivity index (χ1) is 12.0. The number of amides is 2. The van der Waals surface area contributed by atoms with E-state index in [1.807, 2.05) is 30.6 Å². The quantitative estimate of drug-likeness (QED) is 0.790. The summed E-state index contributed by atoms with van der Waals surface area (Å²) in [5, 5.41) is 0. The Labute approximate surface area is 150 Å². The number of benzene rings is 1. The van der Waals surface area contributed by atoms with Crippen molar-refractivity contribution >= 4 is 11.8 Å². The molecule has 25 heavy (non-hydrogen) atoms. The van der Waals surface area contributed by atoms with Crippen LogP contribution in [0.15, 0.2) is 24.3 Å². The van der Waals surface area contributed by atoms with Gasteiger partial charge in [0, 0.05) is 38.5 Å². The Hall–Kier alpha value is -1.91. The molecule has 0 N–H and O–H groups in total. The van der Waals surface area contributed by atoms with Crippen molar-refractivity contribution in [2.45, 2.75) is 46.0 Å². The summed E-state index contributed by atoms with van der Waals surface area (Å²) in [6.07, 6.45) is 2.14. The number of rotatable bonds is 6. The minimum Gasteiger partial charge on any atom is -0.339 e. The highest BCUT2D eigenvalue weighted by atomic mass is 19.1. The minimum atomic E-state index is -0.263. The normalized spacial score (nSPS) is 16.2. The molecule has 0 bridgehead atoms. The van der Waals surface area contributed by atoms with Gasteiger partial charge in [0.2, 0.25) is 11.8 Å². The van der Waals surface area contributed by atoms with Crippen molar-refractivity contribution in [2.24, 2.45) is 5.92 Å². The standard InChI is InChI=1S/C20H29FN2O2/c1-4-16(5-2)20(25)23-12-10-22(11-13-23)19(24)14-15(3)17-6-8-18(21)9-7-17/h6-9,15-16H,4-5,10-14H2,1-3H3. The van der Waals surface area contributed by atoms with Gasteiger partial charge in [0.05, 0.1) is 0 Å². The van der Waals surface area contributed by atoms with Gasteiger partial charge in [0.25, 0.3) is 0 Å². The van der Waals surface area contributed by atoms with Crippen LogP contribution in [0.4, 0.5) is 4.39 Å². The Morgan fingerprint density at radius 1 is 1.00 bits per heavy atom. The Morgan fingerprint density at radius 3 is 2.04 bits per heavy atom. The summed E-state index contributed by atoms with van der Waals surface area (Å²) in [5.74, 6) is 0.210. The van der Waals surface area contributed by atoms with Crippen LogP contribution in [0.2, 0.25) is 0 Å². The number of hydrogen-bond acceptors (Lipinski definition) is 2. The molecule has 1 unspecified atom stereocenters. The lowest BCUT2D eigenvalue weighted by atomic mass is 9.97. The molecule has 4 nitrogen and oxygen atoms in total. The second-order valence-electron chi connectivity index (χ2n) is 6.88. The maximum absolute atomic E-state index is 13.0. The van der Waals surface area contributed by atoms with Crippen molar-refractivity contribution in [3.05, 3.63) is 35.6 Å². The highest BCUT2D eigenvalue weighted by Gasteiger charge is 2.27. The summed E-state index contributed by atoms with van der Waals surface area (Å²) in [4.78, 5) is 28.7. The molecule has 1 aromatic carbocycles. The zero-order chi connectivity index (χ0) is 18.4. The SMILES string of the molecule is CCC(CC)C(=O)N1CCN(C(=O)CC(C)c2ccc(F)cc2)CC1. The highest BCUT2D eigenvalue weighted by Crippen LogP contribution is 2.21. The molecule has 0 aliphatic carbocycles. The van der Waals surface area contributed by atoms with Crippen LogP contribution in [0, 0.1) is 11.7 Å². The van der Waals surface area contributed by atoms with Crippen LogP contribution >= 0.6 is 0 Å². The van der Waals surface area contributed by atoms with Crippen LogP contribution in [0.5, 0.6) is 0 Å². The lowest BCUT2D eigenvalue weighted by Gasteiger charge is -2.36. The molecule has 1 saturated heterocycles. The largest absolute Gasteiger partial charge is 0.339 e. The topological polar surface area (TPSA) is 40.6 Å². The van der Waals surface area contributed by atoms with E-state index in [-0.39, 0.29) is 29.5 Å². The van der Waals surface area contributed by atoms with E-state index < -0.39 is 0 Å². The van der Waals surface area contributed by atoms with Crippen molar-refractivity contribution in [1.29, 1.82) is 0 Å². The van der Waals surface area contributed by atoms with E-state index in [0.29, 0.717) is 32.6 Å². The molecule has 0 radical (unpaired) electrons. The lowest BCUT2D eigenvalue weighted by Crippen LogP contribution is -2.52. The molecule has 1 heterocycles. The first-order valence-corrected chi connectivity index (χ1v) is 9.28. The van der Waals surface area contributed by atoms with Crippen molar-refractivity contribution in [2.75, 3.05) is 26.2 Å². The summed E-state index contributed by atoms with van der Waals surface area (Å²) in [5.41, 5.74) is 0.970. The summed E-state index contributed by atoms with van der Waals surface area (Å²) in [6, 6.07) is 6.33. The Morgan fingerprint density at radius 2 is 1.52 bits per heavy atom. The van der Waals surface area contributed by atoms with Crippen molar-refractivity contribution in [3.63, 3.8) is 0 Å².